The summed E-state index contributed by atoms with van der Waals surface area (Å²) in [6.45, 7) is 7.13. The Kier molecular flexibility index (Phi) is 8.02. The number of nitrogens with two attached hydrogens (primary N) is 1. The molecule has 1 rings (SSSR count). The van der Waals surface area contributed by atoms with Crippen molar-refractivity contribution in [3.05, 3.63) is 29.3 Å². The number of aliphatic hydroxyl groups excluding tert-OH is 1. The topological polar surface area (TPSA) is 85.0 Å². The van der Waals surface area contributed by atoms with Crippen LogP contribution in [0.1, 0.15) is 18.1 Å². The lowest BCUT2D eigenvalue weighted by Crippen LogP contribution is -2.48. The molecule has 0 aliphatic heterocycles. The second-order valence-electron chi connectivity index (χ2n) is 5.85. The monoisotopic (exact) mass is 324 g/mol. The molecule has 6 heteroatoms. The molecule has 0 radical (unpaired) electrons. The Labute approximate surface area is 138 Å². The number of carbonyl (C=O) groups excluding carboxylic acids is 1. The normalized spacial score (nSPS) is 13.8. The van der Waals surface area contributed by atoms with Gasteiger partial charge in [-0.15, -0.1) is 0 Å². The van der Waals surface area contributed by atoms with E-state index in [2.05, 4.69) is 6.07 Å². The number of hydrogen-bond donors (Lipinski definition) is 2. The quantitative estimate of drug-likeness (QED) is 0.667. The van der Waals surface area contributed by atoms with E-state index in [1.165, 1.54) is 0 Å². The van der Waals surface area contributed by atoms with Crippen molar-refractivity contribution in [1.29, 1.82) is 0 Å². The molecule has 0 saturated carbocycles. The Morgan fingerprint density at radius 1 is 1.30 bits per heavy atom. The number of hydrogen-bond acceptors (Lipinski definition) is 5. The minimum atomic E-state index is -0.727. The Morgan fingerprint density at radius 2 is 1.91 bits per heavy atom. The number of benzene rings is 1. The zero-order chi connectivity index (χ0) is 17.4. The molecule has 130 valence electrons. The van der Waals surface area contributed by atoms with Crippen LogP contribution >= 0.6 is 0 Å². The molecule has 0 aliphatic carbocycles. The lowest BCUT2D eigenvalue weighted by atomic mass is 10.1. The fraction of sp³-hybridized carbons (Fsp3) is 0.588. The fourth-order valence-corrected chi connectivity index (χ4v) is 2.36. The first-order chi connectivity index (χ1) is 10.8. The molecule has 0 bridgehead atoms. The fourth-order valence-electron chi connectivity index (χ4n) is 2.36. The van der Waals surface area contributed by atoms with E-state index in [-0.39, 0.29) is 13.2 Å². The highest BCUT2D eigenvalue weighted by molar-refractivity contribution is 5.79. The van der Waals surface area contributed by atoms with Gasteiger partial charge in [0.25, 0.3) is 0 Å². The van der Waals surface area contributed by atoms with Crippen LogP contribution in [0.25, 0.3) is 0 Å². The molecule has 3 N–H and O–H groups in total. The van der Waals surface area contributed by atoms with Crippen LogP contribution in [0.4, 0.5) is 0 Å². The maximum Gasteiger partial charge on any atom is 0.234 e. The Balaban J connectivity index is 2.57. The number of methoxy groups -OCH3 is 1. The predicted octanol–water partition coefficient (Wildman–Crippen LogP) is 0.865. The van der Waals surface area contributed by atoms with Crippen LogP contribution in [0.2, 0.25) is 0 Å². The molecule has 23 heavy (non-hydrogen) atoms. The van der Waals surface area contributed by atoms with Crippen molar-refractivity contribution in [2.75, 3.05) is 33.4 Å². The van der Waals surface area contributed by atoms with E-state index in [1.54, 1.807) is 18.9 Å². The Bertz CT molecular complexity index is 487. The van der Waals surface area contributed by atoms with Gasteiger partial charge in [-0.2, -0.15) is 0 Å². The molecule has 0 spiro atoms. The lowest BCUT2D eigenvalue weighted by molar-refractivity contribution is -0.123. The second kappa shape index (κ2) is 9.50. The number of ether oxygens (including phenoxy) is 2. The van der Waals surface area contributed by atoms with Gasteiger partial charge in [0.15, 0.2) is 0 Å². The van der Waals surface area contributed by atoms with E-state index >= 15 is 0 Å². The lowest BCUT2D eigenvalue weighted by Gasteiger charge is -2.28. The summed E-state index contributed by atoms with van der Waals surface area (Å²) in [4.78, 5) is 13.2. The molecule has 0 fully saturated rings. The number of rotatable bonds is 10. The number of carbonyl (C=O) groups is 1. The number of aliphatic hydroxyl groups is 1. The largest absolute Gasteiger partial charge is 0.491 e. The molecule has 0 aliphatic rings. The number of amides is 1. The predicted molar refractivity (Wildman–Crippen MR) is 89.5 cm³/mol. The summed E-state index contributed by atoms with van der Waals surface area (Å²) in [6.07, 6.45) is -0.727. The second-order valence-corrected chi connectivity index (χ2v) is 5.85. The molecule has 6 nitrogen and oxygen atoms in total. The van der Waals surface area contributed by atoms with Crippen LogP contribution in [0, 0.1) is 13.8 Å². The molecule has 1 aromatic carbocycles. The van der Waals surface area contributed by atoms with Crippen molar-refractivity contribution in [3.8, 4) is 5.75 Å². The first-order valence-electron chi connectivity index (χ1n) is 7.75. The van der Waals surface area contributed by atoms with Gasteiger partial charge in [-0.1, -0.05) is 6.07 Å². The summed E-state index contributed by atoms with van der Waals surface area (Å²) < 4.78 is 10.7. The molecule has 1 amide bonds. The number of aryl methyl sites for hydroxylation is 2. The van der Waals surface area contributed by atoms with Crippen molar-refractivity contribution in [1.82, 2.24) is 4.90 Å². The van der Waals surface area contributed by atoms with Gasteiger partial charge < -0.3 is 20.3 Å². The summed E-state index contributed by atoms with van der Waals surface area (Å²) in [7, 11) is 1.59. The van der Waals surface area contributed by atoms with Crippen LogP contribution in [0.15, 0.2) is 18.2 Å². The summed E-state index contributed by atoms with van der Waals surface area (Å²) in [5.41, 5.74) is 7.57. The van der Waals surface area contributed by atoms with E-state index in [1.807, 2.05) is 26.0 Å². The SMILES string of the molecule is COCCN(CC(O)COc1cc(C)cc(C)c1)C(C)C(N)=O. The zero-order valence-corrected chi connectivity index (χ0v) is 14.4. The third-order valence-corrected chi connectivity index (χ3v) is 3.62. The smallest absolute Gasteiger partial charge is 0.234 e. The molecule has 2 atom stereocenters. The molecule has 2 unspecified atom stereocenters. The highest BCUT2D eigenvalue weighted by Gasteiger charge is 2.21. The van der Waals surface area contributed by atoms with E-state index < -0.39 is 18.1 Å². The number of nitrogens with zero attached hydrogens (tertiary/aromatic N) is 1. The Hall–Kier alpha value is -1.63. The van der Waals surface area contributed by atoms with E-state index in [4.69, 9.17) is 15.2 Å². The van der Waals surface area contributed by atoms with E-state index in [9.17, 15) is 9.90 Å². The standard InChI is InChI=1S/C17H28N2O4/c1-12-7-13(2)9-16(8-12)23-11-15(20)10-19(5-6-22-4)14(3)17(18)21/h7-9,14-15,20H,5-6,10-11H2,1-4H3,(H2,18,21). The van der Waals surface area contributed by atoms with Crippen LogP contribution in [0.5, 0.6) is 5.75 Å². The zero-order valence-electron chi connectivity index (χ0n) is 14.4. The first kappa shape index (κ1) is 19.4. The molecular formula is C17H28N2O4. The van der Waals surface area contributed by atoms with Gasteiger partial charge in [0.2, 0.25) is 5.91 Å². The van der Waals surface area contributed by atoms with Gasteiger partial charge in [0.1, 0.15) is 18.5 Å². The highest BCUT2D eigenvalue weighted by Crippen LogP contribution is 2.16. The maximum absolute atomic E-state index is 11.4. The summed E-state index contributed by atoms with van der Waals surface area (Å²) >= 11 is 0. The van der Waals surface area contributed by atoms with Gasteiger partial charge in [-0.3, -0.25) is 9.69 Å². The Morgan fingerprint density at radius 3 is 2.43 bits per heavy atom. The van der Waals surface area contributed by atoms with E-state index in [0.29, 0.717) is 13.2 Å². The third-order valence-electron chi connectivity index (χ3n) is 3.62. The highest BCUT2D eigenvalue weighted by atomic mass is 16.5. The van der Waals surface area contributed by atoms with Crippen LogP contribution in [-0.4, -0.2) is 61.5 Å². The van der Waals surface area contributed by atoms with Gasteiger partial charge in [-0.05, 0) is 44.0 Å². The minimum absolute atomic E-state index is 0.151. The van der Waals surface area contributed by atoms with Crippen LogP contribution in [0.3, 0.4) is 0 Å². The first-order valence-corrected chi connectivity index (χ1v) is 7.75. The average molecular weight is 324 g/mol. The third kappa shape index (κ3) is 6.99. The van der Waals surface area contributed by atoms with E-state index in [0.717, 1.165) is 16.9 Å². The van der Waals surface area contributed by atoms with Gasteiger partial charge in [-0.25, -0.2) is 0 Å². The minimum Gasteiger partial charge on any atom is -0.491 e. The molecule has 0 aromatic heterocycles. The van der Waals surface area contributed by atoms with Gasteiger partial charge in [0.05, 0.1) is 12.6 Å². The average Bonchev–Trinajstić information content (AvgIpc) is 2.47. The molecule has 0 heterocycles. The molecule has 1 aromatic rings. The van der Waals surface area contributed by atoms with Crippen molar-refractivity contribution in [2.45, 2.75) is 32.9 Å². The van der Waals surface area contributed by atoms with Crippen LogP contribution in [-0.2, 0) is 9.53 Å². The summed E-state index contributed by atoms with van der Waals surface area (Å²) in [6, 6.07) is 5.44. The molecular weight excluding hydrogens is 296 g/mol. The van der Waals surface area contributed by atoms with Crippen molar-refractivity contribution >= 4 is 5.91 Å². The molecule has 0 saturated heterocycles. The summed E-state index contributed by atoms with van der Waals surface area (Å²) in [5.74, 6) is 0.302. The van der Waals surface area contributed by atoms with Crippen molar-refractivity contribution < 1.29 is 19.4 Å². The maximum atomic E-state index is 11.4. The summed E-state index contributed by atoms with van der Waals surface area (Å²) in [5, 5.41) is 10.2. The van der Waals surface area contributed by atoms with Gasteiger partial charge in [0, 0.05) is 20.2 Å². The van der Waals surface area contributed by atoms with Crippen LogP contribution < -0.4 is 10.5 Å². The van der Waals surface area contributed by atoms with Crippen molar-refractivity contribution in [3.63, 3.8) is 0 Å². The van der Waals surface area contributed by atoms with Gasteiger partial charge >= 0.3 is 0 Å². The van der Waals surface area contributed by atoms with Crippen molar-refractivity contribution in [2.24, 2.45) is 5.73 Å². The number of primary amides is 1.